The van der Waals surface area contributed by atoms with E-state index in [1.54, 1.807) is 18.2 Å². The number of carbonyl (C=O) groups is 1. The summed E-state index contributed by atoms with van der Waals surface area (Å²) in [4.78, 5) is 25.3. The lowest BCUT2D eigenvalue weighted by molar-refractivity contribution is 0.0949. The van der Waals surface area contributed by atoms with Crippen LogP contribution in [0.2, 0.25) is 0 Å². The Labute approximate surface area is 153 Å². The number of nitrogens with zero attached hydrogens (tertiary/aromatic N) is 3. The summed E-state index contributed by atoms with van der Waals surface area (Å²) >= 11 is 0. The Balaban J connectivity index is 1.90. The summed E-state index contributed by atoms with van der Waals surface area (Å²) < 4.78 is 1.40. The zero-order chi connectivity index (χ0) is 18.5. The van der Waals surface area contributed by atoms with Gasteiger partial charge in [0, 0.05) is 17.6 Å². The summed E-state index contributed by atoms with van der Waals surface area (Å²) in [6.07, 6.45) is 5.86. The summed E-state index contributed by atoms with van der Waals surface area (Å²) in [6.45, 7) is 4.80. The second kappa shape index (κ2) is 8.25. The third kappa shape index (κ3) is 4.00. The third-order valence-corrected chi connectivity index (χ3v) is 4.97. The van der Waals surface area contributed by atoms with Crippen molar-refractivity contribution in [3.05, 3.63) is 40.3 Å². The maximum Gasteiger partial charge on any atom is 0.292 e. The molecule has 0 radical (unpaired) electrons. The number of hydrogen-bond donors (Lipinski definition) is 1. The Morgan fingerprint density at radius 3 is 2.65 bits per heavy atom. The van der Waals surface area contributed by atoms with Gasteiger partial charge in [-0.3, -0.25) is 9.59 Å². The van der Waals surface area contributed by atoms with Gasteiger partial charge in [0.05, 0.1) is 5.39 Å². The van der Waals surface area contributed by atoms with Gasteiger partial charge in [-0.2, -0.15) is 10.2 Å². The molecular weight excluding hydrogens is 328 g/mol. The highest BCUT2D eigenvalue weighted by Gasteiger charge is 2.18. The van der Waals surface area contributed by atoms with Crippen LogP contribution in [0.25, 0.3) is 10.8 Å². The molecule has 6 nitrogen and oxygen atoms in total. The molecule has 3 rings (SSSR count). The Bertz CT molecular complexity index is 875. The summed E-state index contributed by atoms with van der Waals surface area (Å²) in [6, 6.07) is 7.12. The zero-order valence-electron chi connectivity index (χ0n) is 15.5. The molecule has 0 bridgehead atoms. The smallest absolute Gasteiger partial charge is 0.267 e. The quantitative estimate of drug-likeness (QED) is 0.835. The van der Waals surface area contributed by atoms with E-state index in [1.165, 1.54) is 4.68 Å². The largest absolute Gasteiger partial charge is 0.292 e. The molecule has 1 aromatic carbocycles. The van der Waals surface area contributed by atoms with Crippen LogP contribution >= 0.6 is 0 Å². The summed E-state index contributed by atoms with van der Waals surface area (Å²) in [7, 11) is 0. The number of hydrazone groups is 1. The van der Waals surface area contributed by atoms with Crippen molar-refractivity contribution in [2.24, 2.45) is 11.0 Å². The number of amides is 1. The van der Waals surface area contributed by atoms with E-state index in [0.717, 1.165) is 50.2 Å². The van der Waals surface area contributed by atoms with Crippen molar-refractivity contribution in [3.8, 4) is 0 Å². The van der Waals surface area contributed by atoms with Gasteiger partial charge in [-0.25, -0.2) is 10.1 Å². The van der Waals surface area contributed by atoms with Gasteiger partial charge in [0.15, 0.2) is 5.69 Å². The summed E-state index contributed by atoms with van der Waals surface area (Å²) in [5.41, 5.74) is 3.78. The fourth-order valence-corrected chi connectivity index (χ4v) is 3.25. The number of hydrogen-bond acceptors (Lipinski definition) is 4. The zero-order valence-corrected chi connectivity index (χ0v) is 15.5. The molecule has 1 amide bonds. The molecule has 26 heavy (non-hydrogen) atoms. The highest BCUT2D eigenvalue weighted by Crippen LogP contribution is 2.21. The van der Waals surface area contributed by atoms with Crippen molar-refractivity contribution >= 4 is 22.4 Å². The molecule has 0 atom stereocenters. The monoisotopic (exact) mass is 354 g/mol. The molecule has 1 saturated carbocycles. The number of unbranched alkanes of at least 4 members (excludes halogenated alkanes) is 1. The highest BCUT2D eigenvalue weighted by atomic mass is 16.2. The first-order valence-electron chi connectivity index (χ1n) is 9.45. The van der Waals surface area contributed by atoms with E-state index < -0.39 is 0 Å². The minimum Gasteiger partial charge on any atom is -0.267 e. The molecule has 138 valence electrons. The first kappa shape index (κ1) is 18.3. The number of fused-ring (bicyclic) bond motifs is 1. The number of benzene rings is 1. The van der Waals surface area contributed by atoms with Crippen LogP contribution in [-0.4, -0.2) is 21.4 Å². The first-order valence-corrected chi connectivity index (χ1v) is 9.45. The molecule has 1 heterocycles. The predicted molar refractivity (Wildman–Crippen MR) is 103 cm³/mol. The minimum absolute atomic E-state index is 0.154. The van der Waals surface area contributed by atoms with E-state index in [1.807, 2.05) is 6.07 Å². The van der Waals surface area contributed by atoms with Gasteiger partial charge in [0.25, 0.3) is 11.5 Å². The van der Waals surface area contributed by atoms with Crippen LogP contribution in [0.15, 0.2) is 34.2 Å². The topological polar surface area (TPSA) is 76.3 Å². The van der Waals surface area contributed by atoms with Crippen LogP contribution in [-0.2, 0) is 6.54 Å². The Morgan fingerprint density at radius 1 is 1.27 bits per heavy atom. The predicted octanol–water partition coefficient (Wildman–Crippen LogP) is 3.49. The molecule has 0 saturated heterocycles. The average Bonchev–Trinajstić information content (AvgIpc) is 2.67. The van der Waals surface area contributed by atoms with Crippen molar-refractivity contribution in [1.82, 2.24) is 15.2 Å². The van der Waals surface area contributed by atoms with Crippen LogP contribution in [0.4, 0.5) is 0 Å². The van der Waals surface area contributed by atoms with Gasteiger partial charge in [-0.05, 0) is 44.1 Å². The van der Waals surface area contributed by atoms with E-state index in [-0.39, 0.29) is 17.2 Å². The molecule has 0 unspecified atom stereocenters. The standard InChI is InChI=1S/C20H26N4O2/c1-3-4-13-24-20(26)17-8-6-5-7-16(17)18(23-24)19(25)22-21-15-11-9-14(2)10-12-15/h5-8,14H,3-4,9-13H2,1-2H3,(H,22,25). The van der Waals surface area contributed by atoms with E-state index in [0.29, 0.717) is 17.3 Å². The van der Waals surface area contributed by atoms with Crippen LogP contribution in [0.5, 0.6) is 0 Å². The Morgan fingerprint density at radius 2 is 1.96 bits per heavy atom. The highest BCUT2D eigenvalue weighted by molar-refractivity contribution is 6.05. The maximum atomic E-state index is 12.7. The number of aryl methyl sites for hydroxylation is 1. The molecule has 0 spiro atoms. The summed E-state index contributed by atoms with van der Waals surface area (Å²) in [5.74, 6) is 0.356. The molecule has 2 aromatic rings. The van der Waals surface area contributed by atoms with Crippen molar-refractivity contribution in [2.75, 3.05) is 0 Å². The van der Waals surface area contributed by atoms with Gasteiger partial charge in [-0.1, -0.05) is 38.5 Å². The van der Waals surface area contributed by atoms with E-state index >= 15 is 0 Å². The lowest BCUT2D eigenvalue weighted by Crippen LogP contribution is -2.29. The Kier molecular flexibility index (Phi) is 5.81. The van der Waals surface area contributed by atoms with Gasteiger partial charge in [0.2, 0.25) is 0 Å². The molecule has 1 N–H and O–H groups in total. The fourth-order valence-electron chi connectivity index (χ4n) is 3.25. The van der Waals surface area contributed by atoms with E-state index in [2.05, 4.69) is 29.5 Å². The van der Waals surface area contributed by atoms with Crippen molar-refractivity contribution in [3.63, 3.8) is 0 Å². The molecule has 1 aliphatic carbocycles. The van der Waals surface area contributed by atoms with Crippen LogP contribution in [0.3, 0.4) is 0 Å². The van der Waals surface area contributed by atoms with Crippen LogP contribution in [0.1, 0.15) is 62.9 Å². The van der Waals surface area contributed by atoms with Crippen molar-refractivity contribution < 1.29 is 4.79 Å². The Hall–Kier alpha value is -2.50. The van der Waals surface area contributed by atoms with Gasteiger partial charge in [0.1, 0.15) is 0 Å². The lowest BCUT2D eigenvalue weighted by Gasteiger charge is -2.18. The van der Waals surface area contributed by atoms with Crippen LogP contribution in [0, 0.1) is 5.92 Å². The molecule has 6 heteroatoms. The van der Waals surface area contributed by atoms with Crippen molar-refractivity contribution in [2.45, 2.75) is 58.9 Å². The van der Waals surface area contributed by atoms with E-state index in [4.69, 9.17) is 0 Å². The van der Waals surface area contributed by atoms with E-state index in [9.17, 15) is 9.59 Å². The first-order chi connectivity index (χ1) is 12.6. The average molecular weight is 354 g/mol. The number of aromatic nitrogens is 2. The SMILES string of the molecule is CCCCn1nc(C(=O)NN=C2CCC(C)CC2)c2ccccc2c1=O. The maximum absolute atomic E-state index is 12.7. The van der Waals surface area contributed by atoms with Gasteiger partial charge < -0.3 is 0 Å². The van der Waals surface area contributed by atoms with Crippen LogP contribution < -0.4 is 11.0 Å². The second-order valence-corrected chi connectivity index (χ2v) is 7.08. The van der Waals surface area contributed by atoms with Gasteiger partial charge >= 0.3 is 0 Å². The van der Waals surface area contributed by atoms with Gasteiger partial charge in [-0.15, -0.1) is 0 Å². The molecule has 0 aliphatic heterocycles. The minimum atomic E-state index is -0.363. The van der Waals surface area contributed by atoms with Crippen molar-refractivity contribution in [1.29, 1.82) is 0 Å². The lowest BCUT2D eigenvalue weighted by atomic mass is 9.90. The number of rotatable bonds is 5. The normalized spacial score (nSPS) is 17.3. The molecule has 1 fully saturated rings. The second-order valence-electron chi connectivity index (χ2n) is 7.08. The molecular formula is C20H26N4O2. The third-order valence-electron chi connectivity index (χ3n) is 4.97. The molecule has 1 aliphatic rings. The molecule has 1 aromatic heterocycles. The number of nitrogens with one attached hydrogen (secondary N) is 1. The number of carbonyl (C=O) groups excluding carboxylic acids is 1. The summed E-state index contributed by atoms with van der Waals surface area (Å²) in [5, 5.41) is 9.73. The fraction of sp³-hybridized carbons (Fsp3) is 0.500.